The van der Waals surface area contributed by atoms with Crippen molar-refractivity contribution in [3.05, 3.63) is 34.2 Å². The second-order valence-electron chi connectivity index (χ2n) is 5.65. The first-order valence-corrected chi connectivity index (χ1v) is 6.96. The maximum absolute atomic E-state index is 12.3. The van der Waals surface area contributed by atoms with E-state index in [9.17, 15) is 9.59 Å². The Hall–Kier alpha value is -2.31. The fourth-order valence-corrected chi connectivity index (χ4v) is 2.64. The Labute approximate surface area is 122 Å². The number of oxime groups is 1. The van der Waals surface area contributed by atoms with Gasteiger partial charge in [-0.05, 0) is 37.7 Å². The summed E-state index contributed by atoms with van der Waals surface area (Å²) in [6, 6.07) is 2.73. The molecule has 1 fully saturated rings. The molecule has 0 radical (unpaired) electrons. The number of pyridine rings is 1. The first kappa shape index (κ1) is 15.1. The van der Waals surface area contributed by atoms with Gasteiger partial charge >= 0.3 is 0 Å². The third kappa shape index (κ3) is 3.24. The fraction of sp³-hybridized carbons (Fsp3) is 0.500. The van der Waals surface area contributed by atoms with E-state index >= 15 is 0 Å². The molecule has 1 aromatic rings. The summed E-state index contributed by atoms with van der Waals surface area (Å²) in [4.78, 5) is 25.8. The molecule has 0 aromatic carbocycles. The molecular formula is C14H20N4O3. The van der Waals surface area contributed by atoms with Crippen LogP contribution < -0.4 is 16.6 Å². The van der Waals surface area contributed by atoms with Crippen LogP contribution in [0.4, 0.5) is 0 Å². The lowest BCUT2D eigenvalue weighted by Crippen LogP contribution is -2.59. The van der Waals surface area contributed by atoms with Crippen molar-refractivity contribution >= 4 is 11.7 Å². The average molecular weight is 292 g/mol. The zero-order valence-corrected chi connectivity index (χ0v) is 11.9. The van der Waals surface area contributed by atoms with Gasteiger partial charge in [0.1, 0.15) is 5.54 Å². The van der Waals surface area contributed by atoms with Crippen LogP contribution in [0, 0.1) is 5.92 Å². The third-order valence-corrected chi connectivity index (χ3v) is 4.13. The summed E-state index contributed by atoms with van der Waals surface area (Å²) in [5, 5.41) is 15.0. The maximum Gasteiger partial charge on any atom is 0.253 e. The van der Waals surface area contributed by atoms with E-state index in [4.69, 9.17) is 10.9 Å². The topological polar surface area (TPSA) is 121 Å². The Bertz CT molecular complexity index is 580. The van der Waals surface area contributed by atoms with Gasteiger partial charge < -0.3 is 21.2 Å². The number of amidine groups is 1. The molecule has 0 bridgehead atoms. The second-order valence-corrected chi connectivity index (χ2v) is 5.65. The summed E-state index contributed by atoms with van der Waals surface area (Å²) in [5.41, 5.74) is 5.04. The predicted octanol–water partition coefficient (Wildman–Crippen LogP) is 0.800. The van der Waals surface area contributed by atoms with Gasteiger partial charge in [-0.2, -0.15) is 0 Å². The van der Waals surface area contributed by atoms with E-state index in [0.717, 1.165) is 12.8 Å². The lowest BCUT2D eigenvalue weighted by molar-refractivity contribution is 0.0897. The molecule has 0 saturated heterocycles. The van der Waals surface area contributed by atoms with E-state index in [0.29, 0.717) is 24.3 Å². The minimum atomic E-state index is -0.825. The average Bonchev–Trinajstić information content (AvgIpc) is 2.49. The molecular weight excluding hydrogens is 272 g/mol. The van der Waals surface area contributed by atoms with Gasteiger partial charge in [0.25, 0.3) is 5.91 Å². The highest BCUT2D eigenvalue weighted by molar-refractivity contribution is 6.00. The van der Waals surface area contributed by atoms with Crippen LogP contribution >= 0.6 is 0 Å². The Kier molecular flexibility index (Phi) is 4.30. The van der Waals surface area contributed by atoms with E-state index in [1.165, 1.54) is 18.3 Å². The smallest absolute Gasteiger partial charge is 0.253 e. The number of rotatable bonds is 3. The van der Waals surface area contributed by atoms with Crippen LogP contribution in [0.3, 0.4) is 0 Å². The van der Waals surface area contributed by atoms with E-state index < -0.39 is 5.54 Å². The van der Waals surface area contributed by atoms with Gasteiger partial charge in [-0.1, -0.05) is 12.1 Å². The molecule has 1 heterocycles. The molecule has 2 rings (SSSR count). The van der Waals surface area contributed by atoms with Crippen molar-refractivity contribution in [1.82, 2.24) is 10.3 Å². The molecule has 0 atom stereocenters. The van der Waals surface area contributed by atoms with Crippen LogP contribution in [0.5, 0.6) is 0 Å². The Balaban J connectivity index is 2.21. The molecule has 21 heavy (non-hydrogen) atoms. The highest BCUT2D eigenvalue weighted by Crippen LogP contribution is 2.32. The molecule has 1 aromatic heterocycles. The van der Waals surface area contributed by atoms with Gasteiger partial charge in [-0.3, -0.25) is 9.59 Å². The number of hydrogen-bond donors (Lipinski definition) is 4. The number of aromatic nitrogens is 1. The largest absolute Gasteiger partial charge is 0.409 e. The number of H-pyrrole nitrogens is 1. The minimum absolute atomic E-state index is 0.0205. The van der Waals surface area contributed by atoms with Crippen LogP contribution in [0.1, 0.15) is 43.0 Å². The highest BCUT2D eigenvalue weighted by Gasteiger charge is 2.40. The maximum atomic E-state index is 12.3. The van der Waals surface area contributed by atoms with Crippen molar-refractivity contribution < 1.29 is 10.0 Å². The predicted molar refractivity (Wildman–Crippen MR) is 78.3 cm³/mol. The molecule has 0 unspecified atom stereocenters. The van der Waals surface area contributed by atoms with E-state index in [1.807, 2.05) is 0 Å². The van der Waals surface area contributed by atoms with Crippen LogP contribution in [0.2, 0.25) is 0 Å². The van der Waals surface area contributed by atoms with Gasteiger partial charge in [0.15, 0.2) is 5.84 Å². The summed E-state index contributed by atoms with van der Waals surface area (Å²) >= 11 is 0. The molecule has 7 heteroatoms. The van der Waals surface area contributed by atoms with Gasteiger partial charge in [0.05, 0.1) is 5.56 Å². The van der Waals surface area contributed by atoms with E-state index in [1.54, 1.807) is 0 Å². The van der Waals surface area contributed by atoms with Crippen molar-refractivity contribution in [1.29, 1.82) is 0 Å². The molecule has 0 aliphatic heterocycles. The first-order valence-electron chi connectivity index (χ1n) is 6.96. The zero-order chi connectivity index (χ0) is 15.5. The van der Waals surface area contributed by atoms with Crippen LogP contribution in [0.25, 0.3) is 0 Å². The van der Waals surface area contributed by atoms with Crippen molar-refractivity contribution in [3.63, 3.8) is 0 Å². The lowest BCUT2D eigenvalue weighted by Gasteiger charge is -2.38. The third-order valence-electron chi connectivity index (χ3n) is 4.13. The fourth-order valence-electron chi connectivity index (χ4n) is 2.64. The standard InChI is InChI=1S/C14H20N4O3/c1-9-4-6-14(7-5-9,13(15)18-21)17-12(20)10-2-3-11(19)16-8-10/h2-3,8-9,21H,4-7H2,1H3,(H2,15,18)(H,16,19)(H,17,20). The molecule has 1 aliphatic carbocycles. The Morgan fingerprint density at radius 1 is 1.48 bits per heavy atom. The summed E-state index contributed by atoms with van der Waals surface area (Å²) in [6.45, 7) is 2.14. The second kappa shape index (κ2) is 5.99. The monoisotopic (exact) mass is 292 g/mol. The summed E-state index contributed by atoms with van der Waals surface area (Å²) in [7, 11) is 0. The summed E-state index contributed by atoms with van der Waals surface area (Å²) in [5.74, 6) is 0.217. The van der Waals surface area contributed by atoms with Crippen LogP contribution in [-0.2, 0) is 0 Å². The SMILES string of the molecule is CC1CCC(NC(=O)c2ccc(=O)[nH]c2)(/C(N)=N/O)CC1. The quantitative estimate of drug-likeness (QED) is 0.285. The first-order chi connectivity index (χ1) is 9.97. The zero-order valence-electron chi connectivity index (χ0n) is 11.9. The number of carbonyl (C=O) groups is 1. The normalized spacial score (nSPS) is 26.3. The molecule has 5 N–H and O–H groups in total. The van der Waals surface area contributed by atoms with Crippen molar-refractivity contribution in [2.45, 2.75) is 38.1 Å². The van der Waals surface area contributed by atoms with Crippen molar-refractivity contribution in [2.24, 2.45) is 16.8 Å². The Morgan fingerprint density at radius 3 is 2.67 bits per heavy atom. The molecule has 1 aliphatic rings. The molecule has 1 amide bonds. The Morgan fingerprint density at radius 2 is 2.14 bits per heavy atom. The number of nitrogens with two attached hydrogens (primary N) is 1. The number of nitrogens with one attached hydrogen (secondary N) is 2. The number of hydrogen-bond acceptors (Lipinski definition) is 4. The van der Waals surface area contributed by atoms with Gasteiger partial charge in [0.2, 0.25) is 5.56 Å². The minimum Gasteiger partial charge on any atom is -0.409 e. The van der Waals surface area contributed by atoms with E-state index in [2.05, 4.69) is 22.4 Å². The van der Waals surface area contributed by atoms with Gasteiger partial charge in [-0.25, -0.2) is 0 Å². The van der Waals surface area contributed by atoms with Crippen LogP contribution in [0.15, 0.2) is 28.3 Å². The van der Waals surface area contributed by atoms with Crippen molar-refractivity contribution in [2.75, 3.05) is 0 Å². The number of carbonyl (C=O) groups excluding carboxylic acids is 1. The molecule has 1 saturated carbocycles. The number of nitrogens with zero attached hydrogens (tertiary/aromatic N) is 1. The summed E-state index contributed by atoms with van der Waals surface area (Å²) in [6.07, 6.45) is 4.38. The van der Waals surface area contributed by atoms with E-state index in [-0.39, 0.29) is 17.3 Å². The molecule has 7 nitrogen and oxygen atoms in total. The lowest BCUT2D eigenvalue weighted by atomic mass is 9.76. The van der Waals surface area contributed by atoms with Gasteiger partial charge in [-0.15, -0.1) is 0 Å². The van der Waals surface area contributed by atoms with Gasteiger partial charge in [0, 0.05) is 12.3 Å². The molecule has 0 spiro atoms. The van der Waals surface area contributed by atoms with Crippen LogP contribution in [-0.4, -0.2) is 27.5 Å². The highest BCUT2D eigenvalue weighted by atomic mass is 16.4. The number of amides is 1. The summed E-state index contributed by atoms with van der Waals surface area (Å²) < 4.78 is 0. The molecule has 114 valence electrons. The number of aromatic amines is 1. The van der Waals surface area contributed by atoms with Crippen molar-refractivity contribution in [3.8, 4) is 0 Å².